The summed E-state index contributed by atoms with van der Waals surface area (Å²) in [5.41, 5.74) is -0.348. The van der Waals surface area contributed by atoms with E-state index in [9.17, 15) is 14.8 Å². The van der Waals surface area contributed by atoms with Gasteiger partial charge in [0.05, 0.1) is 18.1 Å². The van der Waals surface area contributed by atoms with E-state index in [1.165, 1.54) is 7.11 Å². The second-order valence-electron chi connectivity index (χ2n) is 4.37. The summed E-state index contributed by atoms with van der Waals surface area (Å²) < 4.78 is 10.6. The van der Waals surface area contributed by atoms with Crippen molar-refractivity contribution in [3.63, 3.8) is 0 Å². The number of carbonyl (C=O) groups is 1. The summed E-state index contributed by atoms with van der Waals surface area (Å²) in [5, 5.41) is 12.4. The molecule has 0 radical (unpaired) electrons. The summed E-state index contributed by atoms with van der Waals surface area (Å²) in [6.45, 7) is 0. The first-order valence-electron chi connectivity index (χ1n) is 5.52. The van der Waals surface area contributed by atoms with E-state index in [1.54, 1.807) is 7.11 Å². The van der Waals surface area contributed by atoms with Crippen molar-refractivity contribution in [1.82, 2.24) is 0 Å². The maximum atomic E-state index is 12.0. The lowest BCUT2D eigenvalue weighted by Crippen LogP contribution is -2.46. The van der Waals surface area contributed by atoms with Crippen molar-refractivity contribution in [3.05, 3.63) is 16.4 Å². The lowest BCUT2D eigenvalue weighted by Gasteiger charge is -2.37. The molecule has 4 atom stereocenters. The average Bonchev–Trinajstić information content (AvgIpc) is 2.60. The largest absolute Gasteiger partial charge is 0.509 e. The Hall–Kier alpha value is -1.27. The summed E-state index contributed by atoms with van der Waals surface area (Å²) in [5.74, 6) is -1.53. The van der Waals surface area contributed by atoms with Crippen LogP contribution in [0.2, 0.25) is 0 Å². The Bertz CT molecular complexity index is 378. The van der Waals surface area contributed by atoms with Crippen molar-refractivity contribution in [2.45, 2.75) is 25.0 Å². The smallest absolute Gasteiger partial charge is 0.194 e. The Kier molecular flexibility index (Phi) is 3.26. The van der Waals surface area contributed by atoms with Crippen LogP contribution in [0.25, 0.3) is 0 Å². The van der Waals surface area contributed by atoms with Crippen LogP contribution < -0.4 is 0 Å². The number of carbonyl (C=O) groups excluding carboxylic acids is 1. The molecule has 0 aromatic rings. The van der Waals surface area contributed by atoms with Crippen LogP contribution in [-0.2, 0) is 14.3 Å². The second-order valence-corrected chi connectivity index (χ2v) is 4.37. The first-order valence-corrected chi connectivity index (χ1v) is 5.52. The molecule has 0 amide bonds. The lowest BCUT2D eigenvalue weighted by atomic mass is 9.76. The number of allylic oxidation sites excluding steroid dienone is 2. The summed E-state index contributed by atoms with van der Waals surface area (Å²) in [6.07, 6.45) is 0.649. The molecule has 0 heterocycles. The van der Waals surface area contributed by atoms with Crippen LogP contribution in [0.1, 0.15) is 12.8 Å². The lowest BCUT2D eigenvalue weighted by molar-refractivity contribution is -0.137. The maximum Gasteiger partial charge on any atom is 0.194 e. The summed E-state index contributed by atoms with van der Waals surface area (Å²) in [7, 11) is 3.05. The molecule has 6 heteroatoms. The zero-order valence-electron chi connectivity index (χ0n) is 9.75. The van der Waals surface area contributed by atoms with Crippen molar-refractivity contribution in [2.24, 2.45) is 17.0 Å². The molecule has 6 nitrogen and oxygen atoms in total. The maximum absolute atomic E-state index is 12.0. The first kappa shape index (κ1) is 12.2. The minimum absolute atomic E-state index is 0.188. The molecule has 0 bridgehead atoms. The van der Waals surface area contributed by atoms with Gasteiger partial charge < -0.3 is 14.6 Å². The Labute approximate surface area is 98.6 Å². The Balaban J connectivity index is 2.33. The molecule has 1 N–H and O–H groups in total. The van der Waals surface area contributed by atoms with Crippen molar-refractivity contribution >= 4 is 5.78 Å². The zero-order valence-corrected chi connectivity index (χ0v) is 9.75. The molecule has 2 aliphatic carbocycles. The second kappa shape index (κ2) is 4.54. The number of ketones is 1. The van der Waals surface area contributed by atoms with Gasteiger partial charge in [0.1, 0.15) is 5.76 Å². The Morgan fingerprint density at radius 1 is 1.29 bits per heavy atom. The molecule has 1 fully saturated rings. The van der Waals surface area contributed by atoms with E-state index < -0.39 is 17.8 Å². The van der Waals surface area contributed by atoms with E-state index >= 15 is 0 Å². The van der Waals surface area contributed by atoms with Gasteiger partial charge in [0.2, 0.25) is 0 Å². The SMILES string of the molecule is COC1CCC2C(O)=C(N=O)C(=O)C2C1OC. The fourth-order valence-corrected chi connectivity index (χ4v) is 2.89. The number of Topliss-reactive ketones (excluding diaryl/α,β-unsaturated/α-hetero) is 1. The highest BCUT2D eigenvalue weighted by Gasteiger charge is 2.52. The van der Waals surface area contributed by atoms with Crippen LogP contribution in [0.15, 0.2) is 16.6 Å². The van der Waals surface area contributed by atoms with Gasteiger partial charge in [0.15, 0.2) is 11.5 Å². The van der Waals surface area contributed by atoms with E-state index in [4.69, 9.17) is 9.47 Å². The number of nitrogens with zero attached hydrogens (tertiary/aromatic N) is 1. The van der Waals surface area contributed by atoms with Crippen molar-refractivity contribution in [1.29, 1.82) is 0 Å². The van der Waals surface area contributed by atoms with Crippen molar-refractivity contribution < 1.29 is 19.4 Å². The Morgan fingerprint density at radius 3 is 2.53 bits per heavy atom. The van der Waals surface area contributed by atoms with Gasteiger partial charge in [0.25, 0.3) is 0 Å². The molecule has 17 heavy (non-hydrogen) atoms. The molecule has 4 unspecified atom stereocenters. The third kappa shape index (κ3) is 1.68. The normalized spacial score (nSPS) is 37.2. The van der Waals surface area contributed by atoms with Crippen LogP contribution in [0, 0.1) is 16.7 Å². The minimum atomic E-state index is -0.550. The van der Waals surface area contributed by atoms with Crippen LogP contribution in [0.3, 0.4) is 0 Å². The number of hydrogen-bond donors (Lipinski definition) is 1. The van der Waals surface area contributed by atoms with Gasteiger partial charge >= 0.3 is 0 Å². The summed E-state index contributed by atoms with van der Waals surface area (Å²) in [4.78, 5) is 22.5. The topological polar surface area (TPSA) is 85.2 Å². The number of hydrogen-bond acceptors (Lipinski definition) is 6. The van der Waals surface area contributed by atoms with Crippen LogP contribution >= 0.6 is 0 Å². The highest BCUT2D eigenvalue weighted by molar-refractivity contribution is 6.00. The van der Waals surface area contributed by atoms with E-state index in [1.807, 2.05) is 0 Å². The number of aliphatic hydroxyl groups excluding tert-OH is 1. The van der Waals surface area contributed by atoms with Gasteiger partial charge in [-0.2, -0.15) is 0 Å². The van der Waals surface area contributed by atoms with Gasteiger partial charge in [-0.25, -0.2) is 0 Å². The molecule has 2 rings (SSSR count). The van der Waals surface area contributed by atoms with Gasteiger partial charge in [-0.05, 0) is 18.0 Å². The predicted molar refractivity (Wildman–Crippen MR) is 58.3 cm³/mol. The third-order valence-electron chi connectivity index (χ3n) is 3.71. The number of fused-ring (bicyclic) bond motifs is 1. The standard InChI is InChI=1S/C11H15NO5/c1-16-6-4-3-5-7(11(6)17-2)10(14)8(12-15)9(5)13/h5-7,11,13H,3-4H2,1-2H3. The molecule has 1 saturated carbocycles. The first-order chi connectivity index (χ1) is 8.15. The minimum Gasteiger partial charge on any atom is -0.509 e. The number of nitroso groups, excluding NO2 is 1. The van der Waals surface area contributed by atoms with E-state index in [2.05, 4.69) is 5.18 Å². The van der Waals surface area contributed by atoms with Crippen molar-refractivity contribution in [2.75, 3.05) is 14.2 Å². The Morgan fingerprint density at radius 2 is 2.00 bits per heavy atom. The summed E-state index contributed by atoms with van der Waals surface area (Å²) in [6, 6.07) is 0. The molecular formula is C11H15NO5. The molecule has 0 saturated heterocycles. The molecule has 0 spiro atoms. The zero-order chi connectivity index (χ0) is 12.6. The monoisotopic (exact) mass is 241 g/mol. The van der Waals surface area contributed by atoms with E-state index in [0.717, 1.165) is 0 Å². The van der Waals surface area contributed by atoms with Gasteiger partial charge in [0, 0.05) is 20.1 Å². The quantitative estimate of drug-likeness (QED) is 0.749. The molecule has 2 aliphatic rings. The number of ether oxygens (including phenoxy) is 2. The highest BCUT2D eigenvalue weighted by atomic mass is 16.5. The van der Waals surface area contributed by atoms with Gasteiger partial charge in [-0.1, -0.05) is 0 Å². The highest BCUT2D eigenvalue weighted by Crippen LogP contribution is 2.44. The van der Waals surface area contributed by atoms with Crippen molar-refractivity contribution in [3.8, 4) is 0 Å². The number of aliphatic hydroxyl groups is 1. The van der Waals surface area contributed by atoms with Crippen LogP contribution in [0.4, 0.5) is 0 Å². The van der Waals surface area contributed by atoms with Gasteiger partial charge in [-0.3, -0.25) is 4.79 Å². The molecule has 94 valence electrons. The molecular weight excluding hydrogens is 226 g/mol. The van der Waals surface area contributed by atoms with Gasteiger partial charge in [-0.15, -0.1) is 4.91 Å². The molecule has 0 aromatic heterocycles. The van der Waals surface area contributed by atoms with Crippen LogP contribution in [-0.4, -0.2) is 37.3 Å². The van der Waals surface area contributed by atoms with Crippen LogP contribution in [0.5, 0.6) is 0 Å². The predicted octanol–water partition coefficient (Wildman–Crippen LogP) is 1.16. The number of methoxy groups -OCH3 is 2. The number of rotatable bonds is 3. The molecule has 0 aromatic carbocycles. The third-order valence-corrected chi connectivity index (χ3v) is 3.71. The van der Waals surface area contributed by atoms with E-state index in [0.29, 0.717) is 12.8 Å². The average molecular weight is 241 g/mol. The molecule has 0 aliphatic heterocycles. The van der Waals surface area contributed by atoms with E-state index in [-0.39, 0.29) is 23.5 Å². The fraction of sp³-hybridized carbons (Fsp3) is 0.727. The fourth-order valence-electron chi connectivity index (χ4n) is 2.89. The summed E-state index contributed by atoms with van der Waals surface area (Å²) >= 11 is 0.